The fourth-order valence-corrected chi connectivity index (χ4v) is 6.61. The zero-order valence-electron chi connectivity index (χ0n) is 22.3. The molecule has 1 saturated carbocycles. The predicted octanol–water partition coefficient (Wildman–Crippen LogP) is 3.83. The fraction of sp³-hybridized carbons (Fsp3) is 0.517. The second-order valence-electron chi connectivity index (χ2n) is 10.2. The van der Waals surface area contributed by atoms with Gasteiger partial charge < -0.3 is 15.0 Å². The molecule has 1 aliphatic heterocycles. The van der Waals surface area contributed by atoms with Gasteiger partial charge in [-0.3, -0.25) is 9.59 Å². The third kappa shape index (κ3) is 6.94. The lowest BCUT2D eigenvalue weighted by Gasteiger charge is -2.38. The minimum atomic E-state index is -3.20. The van der Waals surface area contributed by atoms with Crippen LogP contribution in [0, 0.1) is 5.92 Å². The molecule has 206 valence electrons. The van der Waals surface area contributed by atoms with Gasteiger partial charge in [0.2, 0.25) is 15.9 Å². The Morgan fingerprint density at radius 2 is 1.58 bits per heavy atom. The third-order valence-electron chi connectivity index (χ3n) is 7.86. The van der Waals surface area contributed by atoms with Gasteiger partial charge in [0, 0.05) is 43.2 Å². The summed E-state index contributed by atoms with van der Waals surface area (Å²) < 4.78 is 31.0. The van der Waals surface area contributed by atoms with Crippen molar-refractivity contribution in [1.82, 2.24) is 14.5 Å². The van der Waals surface area contributed by atoms with Crippen molar-refractivity contribution >= 4 is 21.8 Å². The summed E-state index contributed by atoms with van der Waals surface area (Å²) in [5.41, 5.74) is 1.72. The first-order valence-corrected chi connectivity index (χ1v) is 15.2. The number of nitrogens with one attached hydrogen (secondary N) is 1. The first kappa shape index (κ1) is 28.1. The Hall–Kier alpha value is -2.91. The first-order valence-electron chi connectivity index (χ1n) is 13.6. The number of rotatable bonds is 9. The zero-order valence-corrected chi connectivity index (χ0v) is 23.2. The number of hydrogen-bond donors (Lipinski definition) is 1. The van der Waals surface area contributed by atoms with Gasteiger partial charge in [-0.15, -0.1) is 0 Å². The molecule has 2 amide bonds. The number of hydrogen-bond acceptors (Lipinski definition) is 5. The number of carbonyl (C=O) groups is 2. The van der Waals surface area contributed by atoms with Gasteiger partial charge in [-0.25, -0.2) is 12.7 Å². The molecule has 1 aliphatic carbocycles. The van der Waals surface area contributed by atoms with Crippen LogP contribution in [0.4, 0.5) is 0 Å². The topological polar surface area (TPSA) is 96.0 Å². The zero-order chi connectivity index (χ0) is 27.1. The summed E-state index contributed by atoms with van der Waals surface area (Å²) >= 11 is 0. The summed E-state index contributed by atoms with van der Waals surface area (Å²) in [7, 11) is -1.60. The van der Waals surface area contributed by atoms with Crippen LogP contribution in [0.1, 0.15) is 61.4 Å². The summed E-state index contributed by atoms with van der Waals surface area (Å²) in [4.78, 5) is 28.5. The molecule has 2 aromatic carbocycles. The number of benzene rings is 2. The van der Waals surface area contributed by atoms with Gasteiger partial charge in [0.1, 0.15) is 5.75 Å². The second-order valence-corrected chi connectivity index (χ2v) is 12.5. The van der Waals surface area contributed by atoms with Crippen LogP contribution in [0.3, 0.4) is 0 Å². The molecule has 2 fully saturated rings. The van der Waals surface area contributed by atoms with E-state index < -0.39 is 10.0 Å². The molecule has 0 aromatic heterocycles. The van der Waals surface area contributed by atoms with Crippen LogP contribution in [0.15, 0.2) is 54.6 Å². The first-order chi connectivity index (χ1) is 18.3. The average molecular weight is 542 g/mol. The van der Waals surface area contributed by atoms with Crippen molar-refractivity contribution in [2.45, 2.75) is 64.1 Å². The standard InChI is InChI=1S/C29H39N3O5S/c1-3-38(35,36)31-19-17-23(18-20-31)28(33)30-25-11-13-26(14-12-25)32(21-22-7-5-4-6-8-22)29(34)24-9-15-27(37-2)16-10-24/h4-10,15-16,23,25-26H,3,11-14,17-21H2,1-2H3,(H,30,33). The number of sulfonamides is 1. The van der Waals surface area contributed by atoms with E-state index in [-0.39, 0.29) is 35.6 Å². The Morgan fingerprint density at radius 3 is 2.16 bits per heavy atom. The normalized spacial score (nSPS) is 21.0. The third-order valence-corrected chi connectivity index (χ3v) is 9.74. The van der Waals surface area contributed by atoms with Crippen LogP contribution in [0.5, 0.6) is 5.75 Å². The smallest absolute Gasteiger partial charge is 0.254 e. The van der Waals surface area contributed by atoms with Crippen molar-refractivity contribution < 1.29 is 22.7 Å². The maximum Gasteiger partial charge on any atom is 0.254 e. The van der Waals surface area contributed by atoms with Crippen LogP contribution in [0.25, 0.3) is 0 Å². The maximum absolute atomic E-state index is 13.6. The minimum Gasteiger partial charge on any atom is -0.497 e. The molecule has 0 bridgehead atoms. The number of amides is 2. The lowest BCUT2D eigenvalue weighted by Crippen LogP contribution is -2.48. The molecular formula is C29H39N3O5S. The highest BCUT2D eigenvalue weighted by Crippen LogP contribution is 2.28. The highest BCUT2D eigenvalue weighted by atomic mass is 32.2. The van der Waals surface area contributed by atoms with Crippen LogP contribution in [-0.4, -0.2) is 67.5 Å². The molecule has 4 rings (SSSR count). The van der Waals surface area contributed by atoms with Gasteiger partial charge in [-0.05, 0) is 75.3 Å². The molecule has 2 aliphatic rings. The van der Waals surface area contributed by atoms with Gasteiger partial charge in [-0.2, -0.15) is 0 Å². The van der Waals surface area contributed by atoms with E-state index in [2.05, 4.69) is 5.32 Å². The molecule has 1 heterocycles. The monoisotopic (exact) mass is 541 g/mol. The number of piperidine rings is 1. The molecule has 1 N–H and O–H groups in total. The van der Waals surface area contributed by atoms with Crippen molar-refractivity contribution in [2.24, 2.45) is 5.92 Å². The van der Waals surface area contributed by atoms with E-state index in [1.165, 1.54) is 4.31 Å². The summed E-state index contributed by atoms with van der Waals surface area (Å²) in [6.07, 6.45) is 4.35. The summed E-state index contributed by atoms with van der Waals surface area (Å²) in [5.74, 6) is 0.678. The van der Waals surface area contributed by atoms with Crippen LogP contribution in [0.2, 0.25) is 0 Å². The van der Waals surface area contributed by atoms with Gasteiger partial charge in [0.15, 0.2) is 0 Å². The molecule has 1 saturated heterocycles. The molecule has 2 aromatic rings. The molecule has 9 heteroatoms. The highest BCUT2D eigenvalue weighted by molar-refractivity contribution is 7.89. The lowest BCUT2D eigenvalue weighted by atomic mass is 9.88. The quantitative estimate of drug-likeness (QED) is 0.521. The van der Waals surface area contributed by atoms with E-state index in [1.54, 1.807) is 14.0 Å². The van der Waals surface area contributed by atoms with E-state index in [0.717, 1.165) is 31.2 Å². The lowest BCUT2D eigenvalue weighted by molar-refractivity contribution is -0.127. The molecule has 0 radical (unpaired) electrons. The minimum absolute atomic E-state index is 0.00205. The van der Waals surface area contributed by atoms with E-state index in [0.29, 0.717) is 43.8 Å². The summed E-state index contributed by atoms with van der Waals surface area (Å²) in [5, 5.41) is 3.21. The Bertz CT molecular complexity index is 1170. The summed E-state index contributed by atoms with van der Waals surface area (Å²) in [6, 6.07) is 17.4. The Morgan fingerprint density at radius 1 is 0.947 bits per heavy atom. The largest absolute Gasteiger partial charge is 0.497 e. The van der Waals surface area contributed by atoms with Crippen molar-refractivity contribution in [3.63, 3.8) is 0 Å². The van der Waals surface area contributed by atoms with E-state index in [9.17, 15) is 18.0 Å². The molecule has 0 atom stereocenters. The molecular weight excluding hydrogens is 502 g/mol. The Kier molecular flexibility index (Phi) is 9.44. The average Bonchev–Trinajstić information content (AvgIpc) is 2.96. The van der Waals surface area contributed by atoms with Crippen molar-refractivity contribution in [1.29, 1.82) is 0 Å². The van der Waals surface area contributed by atoms with E-state index in [4.69, 9.17) is 4.74 Å². The van der Waals surface area contributed by atoms with Crippen LogP contribution in [-0.2, 0) is 21.4 Å². The molecule has 8 nitrogen and oxygen atoms in total. The van der Waals surface area contributed by atoms with Crippen molar-refractivity contribution in [3.05, 3.63) is 65.7 Å². The molecule has 0 unspecified atom stereocenters. The number of ether oxygens (including phenoxy) is 1. The summed E-state index contributed by atoms with van der Waals surface area (Å²) in [6.45, 7) is 2.99. The molecule has 38 heavy (non-hydrogen) atoms. The van der Waals surface area contributed by atoms with Crippen molar-refractivity contribution in [3.8, 4) is 5.75 Å². The van der Waals surface area contributed by atoms with Gasteiger partial charge in [0.25, 0.3) is 5.91 Å². The second kappa shape index (κ2) is 12.8. The van der Waals surface area contributed by atoms with Gasteiger partial charge in [0.05, 0.1) is 12.9 Å². The Labute approximate surface area is 226 Å². The van der Waals surface area contributed by atoms with E-state index in [1.807, 2.05) is 59.5 Å². The number of carbonyl (C=O) groups excluding carboxylic acids is 2. The van der Waals surface area contributed by atoms with Gasteiger partial charge in [-0.1, -0.05) is 30.3 Å². The highest BCUT2D eigenvalue weighted by Gasteiger charge is 2.33. The maximum atomic E-state index is 13.6. The van der Waals surface area contributed by atoms with Crippen LogP contribution >= 0.6 is 0 Å². The van der Waals surface area contributed by atoms with Crippen molar-refractivity contribution in [2.75, 3.05) is 26.0 Å². The van der Waals surface area contributed by atoms with E-state index >= 15 is 0 Å². The van der Waals surface area contributed by atoms with Gasteiger partial charge >= 0.3 is 0 Å². The van der Waals surface area contributed by atoms with Crippen LogP contribution < -0.4 is 10.1 Å². The fourth-order valence-electron chi connectivity index (χ4n) is 5.48. The SMILES string of the molecule is CCS(=O)(=O)N1CCC(C(=O)NC2CCC(N(Cc3ccccc3)C(=O)c3ccc(OC)cc3)CC2)CC1. The molecule has 0 spiro atoms. The predicted molar refractivity (Wildman–Crippen MR) is 147 cm³/mol. The Balaban J connectivity index is 1.35. The number of methoxy groups -OCH3 is 1. The number of nitrogens with zero attached hydrogens (tertiary/aromatic N) is 2.